The first-order valence-corrected chi connectivity index (χ1v) is 12.6. The first kappa shape index (κ1) is 29.9. The molecule has 2 aromatic carbocycles. The molecule has 0 spiro atoms. The summed E-state index contributed by atoms with van der Waals surface area (Å²) < 4.78 is 35.1. The summed E-state index contributed by atoms with van der Waals surface area (Å²) in [7, 11) is 0. The summed E-state index contributed by atoms with van der Waals surface area (Å²) in [5.41, 5.74) is 0.829. The van der Waals surface area contributed by atoms with Gasteiger partial charge in [0.15, 0.2) is 6.10 Å². The van der Waals surface area contributed by atoms with E-state index in [1.54, 1.807) is 48.2 Å². The van der Waals surface area contributed by atoms with Gasteiger partial charge >= 0.3 is 12.1 Å². The lowest BCUT2D eigenvalue weighted by Gasteiger charge is -2.23. The number of carboxylic acid groups (broad SMARTS) is 1. The summed E-state index contributed by atoms with van der Waals surface area (Å²) in [6, 6.07) is 13.0. The van der Waals surface area contributed by atoms with Crippen molar-refractivity contribution in [1.82, 2.24) is 4.90 Å². The van der Waals surface area contributed by atoms with Crippen LogP contribution in [0, 0.1) is 11.7 Å². The molecule has 204 valence electrons. The van der Waals surface area contributed by atoms with Crippen molar-refractivity contribution in [1.29, 1.82) is 0 Å². The smallest absolute Gasteiger partial charge is 0.409 e. The van der Waals surface area contributed by atoms with Gasteiger partial charge in [0.1, 0.15) is 23.9 Å². The molecule has 0 saturated heterocycles. The van der Waals surface area contributed by atoms with Gasteiger partial charge in [-0.25, -0.2) is 14.0 Å². The van der Waals surface area contributed by atoms with Gasteiger partial charge in [-0.2, -0.15) is 0 Å². The van der Waals surface area contributed by atoms with Crippen LogP contribution in [-0.2, 0) is 20.7 Å². The van der Waals surface area contributed by atoms with E-state index in [2.05, 4.69) is 0 Å². The van der Waals surface area contributed by atoms with Crippen LogP contribution in [0.15, 0.2) is 48.5 Å². The van der Waals surface area contributed by atoms with E-state index in [0.29, 0.717) is 57.3 Å². The van der Waals surface area contributed by atoms with Gasteiger partial charge in [-0.15, -0.1) is 0 Å². The minimum atomic E-state index is -0.992. The van der Waals surface area contributed by atoms with Gasteiger partial charge in [-0.05, 0) is 67.6 Å². The maximum absolute atomic E-state index is 13.0. The van der Waals surface area contributed by atoms with Crippen LogP contribution >= 0.6 is 0 Å². The molecule has 37 heavy (non-hydrogen) atoms. The molecule has 1 amide bonds. The standard InChI is InChI=1S/C28H38FNO7/c1-4-34-26(27(31)32)19-22-7-11-24(12-8-22)36-18-16-30(28(33)37-20-21(2)3)15-5-6-17-35-25-13-9-23(29)10-14-25/h7-14,21,26H,4-6,15-20H2,1-3H3,(H,31,32). The van der Waals surface area contributed by atoms with Crippen LogP contribution < -0.4 is 9.47 Å². The summed E-state index contributed by atoms with van der Waals surface area (Å²) in [4.78, 5) is 25.5. The molecule has 0 fully saturated rings. The van der Waals surface area contributed by atoms with E-state index in [4.69, 9.17) is 18.9 Å². The Morgan fingerprint density at radius 1 is 0.919 bits per heavy atom. The van der Waals surface area contributed by atoms with Crippen LogP contribution in [0.25, 0.3) is 0 Å². The zero-order chi connectivity index (χ0) is 27.0. The fraction of sp³-hybridized carbons (Fsp3) is 0.500. The third-order valence-electron chi connectivity index (χ3n) is 5.32. The topological polar surface area (TPSA) is 94.5 Å². The lowest BCUT2D eigenvalue weighted by molar-refractivity contribution is -0.149. The molecular formula is C28H38FNO7. The molecule has 2 rings (SSSR count). The molecule has 0 aliphatic rings. The Kier molecular flexibility index (Phi) is 13.3. The van der Waals surface area contributed by atoms with Crippen molar-refractivity contribution in [2.24, 2.45) is 5.92 Å². The Morgan fingerprint density at radius 3 is 2.14 bits per heavy atom. The van der Waals surface area contributed by atoms with E-state index in [1.165, 1.54) is 12.1 Å². The highest BCUT2D eigenvalue weighted by molar-refractivity contribution is 5.72. The normalized spacial score (nSPS) is 11.7. The number of rotatable bonds is 17. The van der Waals surface area contributed by atoms with E-state index in [9.17, 15) is 19.1 Å². The first-order chi connectivity index (χ1) is 17.8. The molecule has 8 nitrogen and oxygen atoms in total. The van der Waals surface area contributed by atoms with E-state index in [0.717, 1.165) is 5.56 Å². The maximum atomic E-state index is 13.0. The highest BCUT2D eigenvalue weighted by Crippen LogP contribution is 2.15. The fourth-order valence-corrected chi connectivity index (χ4v) is 3.38. The van der Waals surface area contributed by atoms with Crippen molar-refractivity contribution in [2.75, 3.05) is 39.5 Å². The lowest BCUT2D eigenvalue weighted by atomic mass is 10.1. The Hall–Kier alpha value is -3.33. The third kappa shape index (κ3) is 12.0. The predicted octanol–water partition coefficient (Wildman–Crippen LogP) is 5.19. The monoisotopic (exact) mass is 519 g/mol. The van der Waals surface area contributed by atoms with Crippen LogP contribution in [0.1, 0.15) is 39.2 Å². The van der Waals surface area contributed by atoms with E-state index in [1.807, 2.05) is 13.8 Å². The van der Waals surface area contributed by atoms with Crippen molar-refractivity contribution in [3.8, 4) is 11.5 Å². The number of ether oxygens (including phenoxy) is 4. The van der Waals surface area contributed by atoms with Crippen LogP contribution in [0.3, 0.4) is 0 Å². The number of carbonyl (C=O) groups excluding carboxylic acids is 1. The Bertz CT molecular complexity index is 935. The average Bonchev–Trinajstić information content (AvgIpc) is 2.87. The number of amides is 1. The highest BCUT2D eigenvalue weighted by Gasteiger charge is 2.18. The zero-order valence-electron chi connectivity index (χ0n) is 21.9. The second kappa shape index (κ2) is 16.4. The number of carbonyl (C=O) groups is 2. The van der Waals surface area contributed by atoms with E-state index < -0.39 is 12.1 Å². The molecule has 0 aromatic heterocycles. The van der Waals surface area contributed by atoms with Gasteiger partial charge in [-0.3, -0.25) is 0 Å². The van der Waals surface area contributed by atoms with E-state index >= 15 is 0 Å². The van der Waals surface area contributed by atoms with Crippen LogP contribution in [0.5, 0.6) is 11.5 Å². The van der Waals surface area contributed by atoms with Crippen molar-refractivity contribution in [3.05, 3.63) is 59.9 Å². The maximum Gasteiger partial charge on any atom is 0.409 e. The molecule has 1 N–H and O–H groups in total. The van der Waals surface area contributed by atoms with Gasteiger partial charge in [0.2, 0.25) is 0 Å². The SMILES string of the molecule is CCOC(Cc1ccc(OCCN(CCCCOc2ccc(F)cc2)C(=O)OCC(C)C)cc1)C(=O)O. The van der Waals surface area contributed by atoms with Crippen LogP contribution in [-0.4, -0.2) is 67.7 Å². The molecule has 1 atom stereocenters. The zero-order valence-corrected chi connectivity index (χ0v) is 21.9. The molecule has 0 saturated carbocycles. The van der Waals surface area contributed by atoms with Crippen molar-refractivity contribution < 1.29 is 38.0 Å². The van der Waals surface area contributed by atoms with Gasteiger partial charge in [-0.1, -0.05) is 26.0 Å². The molecule has 0 bridgehead atoms. The Morgan fingerprint density at radius 2 is 1.54 bits per heavy atom. The second-order valence-electron chi connectivity index (χ2n) is 8.95. The highest BCUT2D eigenvalue weighted by atomic mass is 19.1. The number of aliphatic carboxylic acids is 1. The molecule has 0 aliphatic heterocycles. The van der Waals surface area contributed by atoms with Crippen molar-refractivity contribution in [3.63, 3.8) is 0 Å². The Balaban J connectivity index is 1.81. The first-order valence-electron chi connectivity index (χ1n) is 12.6. The van der Waals surface area contributed by atoms with Gasteiger partial charge < -0.3 is 29.0 Å². The molecule has 0 heterocycles. The lowest BCUT2D eigenvalue weighted by Crippen LogP contribution is -2.36. The van der Waals surface area contributed by atoms with Crippen LogP contribution in [0.2, 0.25) is 0 Å². The summed E-state index contributed by atoms with van der Waals surface area (Å²) in [5.74, 6) is 0.150. The molecule has 0 radical (unpaired) electrons. The fourth-order valence-electron chi connectivity index (χ4n) is 3.38. The van der Waals surface area contributed by atoms with Crippen molar-refractivity contribution >= 4 is 12.1 Å². The van der Waals surface area contributed by atoms with Gasteiger partial charge in [0, 0.05) is 19.6 Å². The van der Waals surface area contributed by atoms with E-state index in [-0.39, 0.29) is 30.9 Å². The molecule has 1 unspecified atom stereocenters. The minimum Gasteiger partial charge on any atom is -0.494 e. The molecule has 2 aromatic rings. The average molecular weight is 520 g/mol. The van der Waals surface area contributed by atoms with Gasteiger partial charge in [0.25, 0.3) is 0 Å². The second-order valence-corrected chi connectivity index (χ2v) is 8.95. The van der Waals surface area contributed by atoms with Gasteiger partial charge in [0.05, 0.1) is 19.8 Å². The molecule has 0 aliphatic carbocycles. The number of carboxylic acids is 1. The third-order valence-corrected chi connectivity index (χ3v) is 5.32. The predicted molar refractivity (Wildman–Crippen MR) is 138 cm³/mol. The number of hydrogen-bond acceptors (Lipinski definition) is 6. The number of hydrogen-bond donors (Lipinski definition) is 1. The summed E-state index contributed by atoms with van der Waals surface area (Å²) >= 11 is 0. The summed E-state index contributed by atoms with van der Waals surface area (Å²) in [5, 5.41) is 9.24. The number of halogens is 1. The van der Waals surface area contributed by atoms with Crippen LogP contribution in [0.4, 0.5) is 9.18 Å². The number of benzene rings is 2. The Labute approximate surface area is 218 Å². The molecule has 9 heteroatoms. The largest absolute Gasteiger partial charge is 0.494 e. The summed E-state index contributed by atoms with van der Waals surface area (Å²) in [6.07, 6.45) is 0.416. The number of nitrogens with zero attached hydrogens (tertiary/aromatic N) is 1. The summed E-state index contributed by atoms with van der Waals surface area (Å²) in [6.45, 7) is 7.95. The van der Waals surface area contributed by atoms with Crippen molar-refractivity contribution in [2.45, 2.75) is 46.1 Å². The quantitative estimate of drug-likeness (QED) is 0.287. The molecular weight excluding hydrogens is 481 g/mol. The minimum absolute atomic E-state index is 0.230. The number of unbranched alkanes of at least 4 members (excludes halogenated alkanes) is 1.